The van der Waals surface area contributed by atoms with Gasteiger partial charge < -0.3 is 9.84 Å². The van der Waals surface area contributed by atoms with Crippen LogP contribution < -0.4 is 0 Å². The Kier molecular flexibility index (Phi) is 3.33. The predicted octanol–water partition coefficient (Wildman–Crippen LogP) is 1.66. The minimum Gasteiger partial charge on any atom is -0.395 e. The highest BCUT2D eigenvalue weighted by Crippen LogP contribution is 2.20. The number of nitrogens with zero attached hydrogens (tertiary/aromatic N) is 1. The molecule has 94 valence electrons. The van der Waals surface area contributed by atoms with E-state index in [1.807, 2.05) is 49.1 Å². The molecule has 1 heterocycles. The van der Waals surface area contributed by atoms with E-state index in [1.165, 1.54) is 0 Å². The van der Waals surface area contributed by atoms with Crippen LogP contribution in [-0.4, -0.2) is 41.4 Å². The maximum atomic E-state index is 9.76. The Hall–Kier alpha value is -0.900. The minimum atomic E-state index is -2.27. The average Bonchev–Trinajstić information content (AvgIpc) is 2.27. The molecule has 1 fully saturated rings. The van der Waals surface area contributed by atoms with E-state index >= 15 is 0 Å². The second kappa shape index (κ2) is 5.63. The van der Waals surface area contributed by atoms with Gasteiger partial charge in [-0.15, -0.1) is 0 Å². The van der Waals surface area contributed by atoms with Crippen molar-refractivity contribution in [1.29, 1.82) is 0 Å². The maximum Gasteiger partial charge on any atom is 0.0728 e. The Bertz CT molecular complexity index is 408. The van der Waals surface area contributed by atoms with Crippen molar-refractivity contribution in [3.05, 3.63) is 35.9 Å². The van der Waals surface area contributed by atoms with E-state index in [-0.39, 0.29) is 12.2 Å². The quantitative estimate of drug-likeness (QED) is 0.868. The molecular weight excluding hydrogens is 214 g/mol. The van der Waals surface area contributed by atoms with Gasteiger partial charge in [0.05, 0.1) is 27.6 Å². The summed E-state index contributed by atoms with van der Waals surface area (Å²) in [5, 5.41) is 9.76. The molecule has 1 aromatic rings. The summed E-state index contributed by atoms with van der Waals surface area (Å²) in [4.78, 5) is 1.97. The molecule has 0 aliphatic carbocycles. The van der Waals surface area contributed by atoms with Crippen molar-refractivity contribution in [2.75, 3.05) is 13.1 Å². The predicted molar refractivity (Wildman–Crippen MR) is 67.7 cm³/mol. The van der Waals surface area contributed by atoms with Crippen molar-refractivity contribution < 1.29 is 12.6 Å². The van der Waals surface area contributed by atoms with E-state index in [1.54, 1.807) is 0 Å². The van der Waals surface area contributed by atoms with Crippen LogP contribution in [0.15, 0.2) is 30.3 Å². The third kappa shape index (κ3) is 3.06. The molecule has 1 aliphatic rings. The lowest BCUT2D eigenvalue weighted by Gasteiger charge is -2.42. The van der Waals surface area contributed by atoms with Gasteiger partial charge in [0.2, 0.25) is 0 Å². The minimum absolute atomic E-state index is 0.0392. The summed E-state index contributed by atoms with van der Waals surface area (Å²) in [7, 11) is 0. The molecule has 0 unspecified atom stereocenters. The van der Waals surface area contributed by atoms with E-state index in [4.69, 9.17) is 7.48 Å². The van der Waals surface area contributed by atoms with Crippen LogP contribution in [0.5, 0.6) is 0 Å². The van der Waals surface area contributed by atoms with Gasteiger partial charge in [-0.2, -0.15) is 0 Å². The lowest BCUT2D eigenvalue weighted by Crippen LogP contribution is -2.54. The molecule has 1 aromatic carbocycles. The molecule has 1 saturated heterocycles. The molecule has 1 N–H and O–H groups in total. The molecule has 0 spiro atoms. The topological polar surface area (TPSA) is 32.7 Å². The molecule has 17 heavy (non-hydrogen) atoms. The summed E-state index contributed by atoms with van der Waals surface area (Å²) in [5.41, 5.74) is 1.11. The van der Waals surface area contributed by atoms with Gasteiger partial charge in [0, 0.05) is 13.1 Å². The van der Waals surface area contributed by atoms with Gasteiger partial charge >= 0.3 is 0 Å². The van der Waals surface area contributed by atoms with E-state index in [0.717, 1.165) is 5.56 Å². The highest BCUT2D eigenvalue weighted by atomic mass is 16.5. The zero-order valence-corrected chi connectivity index (χ0v) is 10.3. The summed E-state index contributed by atoms with van der Waals surface area (Å²) in [6.07, 6.45) is -0.301. The van der Waals surface area contributed by atoms with Crippen molar-refractivity contribution in [2.24, 2.45) is 0 Å². The van der Waals surface area contributed by atoms with E-state index in [9.17, 15) is 5.11 Å². The van der Waals surface area contributed by atoms with Crippen LogP contribution in [0, 0.1) is 0 Å². The van der Waals surface area contributed by atoms with Gasteiger partial charge in [-0.3, -0.25) is 4.90 Å². The Morgan fingerprint density at radius 2 is 2.12 bits per heavy atom. The average molecular weight is 237 g/mol. The van der Waals surface area contributed by atoms with E-state index in [2.05, 4.69) is 0 Å². The third-order valence-electron chi connectivity index (χ3n) is 3.14. The zero-order chi connectivity index (χ0) is 14.0. The monoisotopic (exact) mass is 237 g/mol. The largest absolute Gasteiger partial charge is 0.395 e. The fraction of sp³-hybridized carbons (Fsp3) is 0.571. The molecule has 3 nitrogen and oxygen atoms in total. The molecule has 0 radical (unpaired) electrons. The summed E-state index contributed by atoms with van der Waals surface area (Å²) >= 11 is 0. The van der Waals surface area contributed by atoms with Gasteiger partial charge in [-0.1, -0.05) is 30.3 Å². The second-order valence-electron chi connectivity index (χ2n) is 4.64. The Morgan fingerprint density at radius 1 is 1.41 bits per heavy atom. The number of hydrogen-bond donors (Lipinski definition) is 1. The van der Waals surface area contributed by atoms with Crippen LogP contribution in [0.4, 0.5) is 0 Å². The number of benzene rings is 1. The molecule has 0 aromatic heterocycles. The summed E-state index contributed by atoms with van der Waals surface area (Å²) in [6.45, 7) is 2.74. The first-order valence-electron chi connectivity index (χ1n) is 7.03. The number of hydrogen-bond acceptors (Lipinski definition) is 3. The molecule has 1 aliphatic heterocycles. The smallest absolute Gasteiger partial charge is 0.0728 e. The van der Waals surface area contributed by atoms with Gasteiger partial charge in [-0.25, -0.2) is 0 Å². The first kappa shape index (κ1) is 10.1. The molecule has 0 amide bonds. The summed E-state index contributed by atoms with van der Waals surface area (Å²) < 4.78 is 20.9. The summed E-state index contributed by atoms with van der Waals surface area (Å²) in [5.74, 6) is 0. The second-order valence-corrected chi connectivity index (χ2v) is 4.64. The first-order chi connectivity index (χ1) is 8.88. The Labute approximate surface area is 106 Å². The standard InChI is InChI=1S/C14H21NO2/c1-11-8-15(14(10-16)12(2)17-11)9-13-6-4-3-5-7-13/h3-7,11-12,14,16H,8-10H2,1-2H3/t11-,12+,14-/m1/s1/i10D2. The third-order valence-corrected chi connectivity index (χ3v) is 3.14. The number of rotatable bonds is 3. The van der Waals surface area contributed by atoms with Gasteiger partial charge in [-0.05, 0) is 19.4 Å². The Morgan fingerprint density at radius 3 is 2.76 bits per heavy atom. The van der Waals surface area contributed by atoms with Gasteiger partial charge in [0.1, 0.15) is 0 Å². The fourth-order valence-electron chi connectivity index (χ4n) is 2.39. The number of morpholine rings is 1. The lowest BCUT2D eigenvalue weighted by molar-refractivity contribution is -0.118. The van der Waals surface area contributed by atoms with Crippen LogP contribution in [0.25, 0.3) is 0 Å². The van der Waals surface area contributed by atoms with Crippen LogP contribution in [0.2, 0.25) is 0 Å². The number of ether oxygens (including phenoxy) is 1. The lowest BCUT2D eigenvalue weighted by atomic mass is 10.1. The van der Waals surface area contributed by atoms with Gasteiger partial charge in [0.25, 0.3) is 0 Å². The molecule has 2 rings (SSSR count). The van der Waals surface area contributed by atoms with Crippen molar-refractivity contribution in [3.63, 3.8) is 0 Å². The number of aliphatic hydroxyl groups is 1. The van der Waals surface area contributed by atoms with E-state index < -0.39 is 12.6 Å². The van der Waals surface area contributed by atoms with Gasteiger partial charge in [0.15, 0.2) is 0 Å². The van der Waals surface area contributed by atoms with Crippen molar-refractivity contribution >= 4 is 0 Å². The van der Waals surface area contributed by atoms with Crippen LogP contribution in [0.3, 0.4) is 0 Å². The molecule has 0 saturated carbocycles. The summed E-state index contributed by atoms with van der Waals surface area (Å²) in [6, 6.07) is 9.25. The fourth-order valence-corrected chi connectivity index (χ4v) is 2.39. The first-order valence-corrected chi connectivity index (χ1v) is 6.03. The van der Waals surface area contributed by atoms with Crippen LogP contribution in [0.1, 0.15) is 22.2 Å². The van der Waals surface area contributed by atoms with Crippen molar-refractivity contribution in [3.8, 4) is 0 Å². The molecular formula is C14H21NO2. The van der Waals surface area contributed by atoms with Crippen LogP contribution in [-0.2, 0) is 11.3 Å². The molecule has 3 heteroatoms. The molecule has 3 atom stereocenters. The Balaban J connectivity index is 2.18. The maximum absolute atomic E-state index is 9.76. The zero-order valence-electron chi connectivity index (χ0n) is 12.3. The highest BCUT2D eigenvalue weighted by Gasteiger charge is 2.31. The normalized spacial score (nSPS) is 33.0. The van der Waals surface area contributed by atoms with Crippen molar-refractivity contribution in [1.82, 2.24) is 4.90 Å². The highest BCUT2D eigenvalue weighted by molar-refractivity contribution is 5.14. The molecule has 0 bridgehead atoms. The van der Waals surface area contributed by atoms with Crippen LogP contribution >= 0.6 is 0 Å². The SMILES string of the molecule is [2H]C([2H])(O)[C@@H]1[C@H](C)O[C@H](C)CN1Cc1ccccc1. The van der Waals surface area contributed by atoms with E-state index in [0.29, 0.717) is 13.1 Å². The van der Waals surface area contributed by atoms with Crippen molar-refractivity contribution in [2.45, 2.75) is 38.6 Å².